The van der Waals surface area contributed by atoms with Gasteiger partial charge in [0.05, 0.1) is 10.6 Å². The molecular weight excluding hydrogens is 500 g/mol. The molecule has 4 heterocycles. The van der Waals surface area contributed by atoms with Gasteiger partial charge < -0.3 is 15.1 Å². The number of nitrogens with zero attached hydrogens (tertiary/aromatic N) is 3. The minimum atomic E-state index is -0.394. The third-order valence-corrected chi connectivity index (χ3v) is 7.60. The van der Waals surface area contributed by atoms with E-state index >= 15 is 0 Å². The third-order valence-electron chi connectivity index (χ3n) is 6.79. The van der Waals surface area contributed by atoms with E-state index in [9.17, 15) is 9.59 Å². The quantitative estimate of drug-likeness (QED) is 0.282. The minimum Gasteiger partial charge on any atom is -0.454 e. The maximum Gasteiger partial charge on any atom is 0.290 e. The van der Waals surface area contributed by atoms with Crippen LogP contribution in [-0.2, 0) is 11.3 Å². The Balaban J connectivity index is 1.04. The molecule has 1 aromatic carbocycles. The Hall–Kier alpha value is -4.02. The van der Waals surface area contributed by atoms with Crippen LogP contribution in [0.1, 0.15) is 36.9 Å². The van der Waals surface area contributed by atoms with Crippen molar-refractivity contribution < 1.29 is 14.0 Å². The van der Waals surface area contributed by atoms with Gasteiger partial charge in [-0.1, -0.05) is 24.3 Å². The fraction of sp³-hybridized carbons (Fsp3) is 0.250. The van der Waals surface area contributed by atoms with E-state index in [2.05, 4.69) is 37.0 Å². The number of rotatable bonds is 7. The van der Waals surface area contributed by atoms with Crippen LogP contribution in [0.3, 0.4) is 0 Å². The summed E-state index contributed by atoms with van der Waals surface area (Å²) < 4.78 is 6.06. The second-order valence-corrected chi connectivity index (χ2v) is 10.4. The number of benzene rings is 1. The van der Waals surface area contributed by atoms with Gasteiger partial charge >= 0.3 is 0 Å². The van der Waals surface area contributed by atoms with Crippen LogP contribution in [0.25, 0.3) is 28.5 Å². The normalized spacial score (nSPS) is 20.7. The van der Waals surface area contributed by atoms with Gasteiger partial charge in [-0.2, -0.15) is 0 Å². The summed E-state index contributed by atoms with van der Waals surface area (Å²) in [5, 5.41) is 10.1. The maximum atomic E-state index is 11.8. The molecule has 0 spiro atoms. The average molecular weight is 527 g/mol. The second kappa shape index (κ2) is 10.8. The highest BCUT2D eigenvalue weighted by atomic mass is 32.2. The number of carbonyl (C=O) groups is 2. The van der Waals surface area contributed by atoms with Gasteiger partial charge in [0.2, 0.25) is 5.95 Å². The number of para-hydroxylation sites is 1. The van der Waals surface area contributed by atoms with Crippen LogP contribution in [0, 0.1) is 0 Å². The first-order valence-electron chi connectivity index (χ1n) is 12.6. The molecule has 1 saturated carbocycles. The molecule has 0 atom stereocenters. The number of imide groups is 1. The molecule has 1 aliphatic carbocycles. The number of hydrogen-bond acceptors (Lipinski definition) is 9. The number of aromatic nitrogens is 3. The van der Waals surface area contributed by atoms with Crippen molar-refractivity contribution in [3.8, 4) is 11.5 Å². The second-order valence-electron chi connectivity index (χ2n) is 9.39. The van der Waals surface area contributed by atoms with E-state index in [1.54, 1.807) is 24.5 Å². The standard InChI is InChI=1S/C28H26N6O3S/c35-26-24(38-28(36)34-26)15-21-11-13-30-27(33-21)32-20-9-7-19(8-10-20)31-16-18-5-3-12-29-25(18)23-14-17-4-1-2-6-22(17)37-23/h1-6,11-15,19-20,31H,7-10,16H2,(H,30,32,33)(H,34,35,36)/b24-15+. The first kappa shape index (κ1) is 24.3. The number of hydrogen-bond donors (Lipinski definition) is 3. The lowest BCUT2D eigenvalue weighted by Crippen LogP contribution is -2.37. The van der Waals surface area contributed by atoms with Gasteiger partial charge in [0.25, 0.3) is 11.1 Å². The van der Waals surface area contributed by atoms with Gasteiger partial charge in [0, 0.05) is 36.4 Å². The molecule has 0 unspecified atom stereocenters. The fourth-order valence-electron chi connectivity index (χ4n) is 4.86. The molecule has 1 aliphatic heterocycles. The third kappa shape index (κ3) is 5.46. The first-order valence-corrected chi connectivity index (χ1v) is 13.4. The lowest BCUT2D eigenvalue weighted by molar-refractivity contribution is -0.115. The largest absolute Gasteiger partial charge is 0.454 e. The van der Waals surface area contributed by atoms with E-state index in [1.807, 2.05) is 36.4 Å². The molecule has 2 aliphatic rings. The van der Waals surface area contributed by atoms with Crippen LogP contribution in [0.4, 0.5) is 10.7 Å². The van der Waals surface area contributed by atoms with Crippen molar-refractivity contribution in [2.45, 2.75) is 44.3 Å². The van der Waals surface area contributed by atoms with Crippen LogP contribution < -0.4 is 16.0 Å². The zero-order valence-electron chi connectivity index (χ0n) is 20.5. The highest BCUT2D eigenvalue weighted by molar-refractivity contribution is 8.18. The number of amides is 2. The van der Waals surface area contributed by atoms with Crippen LogP contribution >= 0.6 is 11.8 Å². The Labute approximate surface area is 223 Å². The summed E-state index contributed by atoms with van der Waals surface area (Å²) in [6.45, 7) is 0.719. The summed E-state index contributed by atoms with van der Waals surface area (Å²) in [4.78, 5) is 37.0. The van der Waals surface area contributed by atoms with Crippen LogP contribution in [0.2, 0.25) is 0 Å². The van der Waals surface area contributed by atoms with E-state index in [-0.39, 0.29) is 11.3 Å². The van der Waals surface area contributed by atoms with E-state index in [1.165, 1.54) is 0 Å². The molecule has 0 radical (unpaired) electrons. The Bertz CT molecular complexity index is 1490. The Morgan fingerprint density at radius 2 is 1.84 bits per heavy atom. The lowest BCUT2D eigenvalue weighted by atomic mass is 9.91. The van der Waals surface area contributed by atoms with Crippen molar-refractivity contribution in [2.75, 3.05) is 5.32 Å². The van der Waals surface area contributed by atoms with Crippen molar-refractivity contribution in [1.29, 1.82) is 0 Å². The summed E-state index contributed by atoms with van der Waals surface area (Å²) in [6.07, 6.45) is 9.10. The predicted molar refractivity (Wildman–Crippen MR) is 147 cm³/mol. The molecule has 1 saturated heterocycles. The highest BCUT2D eigenvalue weighted by Crippen LogP contribution is 2.29. The molecular formula is C28H26N6O3S. The number of thioether (sulfide) groups is 1. The van der Waals surface area contributed by atoms with Crippen molar-refractivity contribution in [3.63, 3.8) is 0 Å². The number of pyridine rings is 1. The molecule has 0 bridgehead atoms. The topological polar surface area (TPSA) is 122 Å². The monoisotopic (exact) mass is 526 g/mol. The molecule has 192 valence electrons. The molecule has 2 fully saturated rings. The van der Waals surface area contributed by atoms with E-state index < -0.39 is 5.91 Å². The van der Waals surface area contributed by atoms with Gasteiger partial charge in [-0.15, -0.1) is 0 Å². The minimum absolute atomic E-state index is 0.270. The zero-order valence-corrected chi connectivity index (χ0v) is 21.3. The fourth-order valence-corrected chi connectivity index (χ4v) is 5.53. The Kier molecular flexibility index (Phi) is 6.89. The molecule has 2 amide bonds. The summed E-state index contributed by atoms with van der Waals surface area (Å²) in [6, 6.07) is 16.5. The summed E-state index contributed by atoms with van der Waals surface area (Å²) >= 11 is 0.878. The molecule has 10 heteroatoms. The summed E-state index contributed by atoms with van der Waals surface area (Å²) in [5.74, 6) is 0.916. The van der Waals surface area contributed by atoms with Crippen LogP contribution in [0.5, 0.6) is 0 Å². The van der Waals surface area contributed by atoms with Crippen molar-refractivity contribution >= 4 is 45.9 Å². The number of carbonyl (C=O) groups excluding carboxylic acids is 2. The number of fused-ring (bicyclic) bond motifs is 1. The maximum absolute atomic E-state index is 11.8. The number of nitrogens with one attached hydrogen (secondary N) is 3. The number of furan rings is 1. The molecule has 38 heavy (non-hydrogen) atoms. The van der Waals surface area contributed by atoms with Gasteiger partial charge in [-0.3, -0.25) is 19.9 Å². The van der Waals surface area contributed by atoms with Gasteiger partial charge in [0.15, 0.2) is 5.76 Å². The van der Waals surface area contributed by atoms with Crippen LogP contribution in [0.15, 0.2) is 70.2 Å². The van der Waals surface area contributed by atoms with Crippen LogP contribution in [-0.4, -0.2) is 38.2 Å². The lowest BCUT2D eigenvalue weighted by Gasteiger charge is -2.30. The van der Waals surface area contributed by atoms with Gasteiger partial charge in [-0.05, 0) is 73.4 Å². The summed E-state index contributed by atoms with van der Waals surface area (Å²) in [7, 11) is 0. The average Bonchev–Trinajstić information content (AvgIpc) is 3.50. The molecule has 4 aromatic rings. The Morgan fingerprint density at radius 3 is 2.66 bits per heavy atom. The zero-order chi connectivity index (χ0) is 25.9. The SMILES string of the molecule is O=C1NC(=O)/C(=C\c2ccnc(NC3CCC(NCc4cccnc4-c4cc5ccccc5o4)CC3)n2)S1. The summed E-state index contributed by atoms with van der Waals surface area (Å²) in [5.41, 5.74) is 3.43. The number of anilines is 1. The van der Waals surface area contributed by atoms with E-state index in [4.69, 9.17) is 4.42 Å². The Morgan fingerprint density at radius 1 is 1.00 bits per heavy atom. The van der Waals surface area contributed by atoms with Gasteiger partial charge in [-0.25, -0.2) is 9.97 Å². The molecule has 3 N–H and O–H groups in total. The molecule has 9 nitrogen and oxygen atoms in total. The first-order chi connectivity index (χ1) is 18.6. The van der Waals surface area contributed by atoms with E-state index in [0.29, 0.717) is 22.6 Å². The van der Waals surface area contributed by atoms with Crippen molar-refractivity contribution in [1.82, 2.24) is 25.6 Å². The smallest absolute Gasteiger partial charge is 0.290 e. The van der Waals surface area contributed by atoms with Crippen molar-refractivity contribution in [2.24, 2.45) is 0 Å². The highest BCUT2D eigenvalue weighted by Gasteiger charge is 2.25. The van der Waals surface area contributed by atoms with Gasteiger partial charge in [0.1, 0.15) is 11.3 Å². The van der Waals surface area contributed by atoms with Crippen molar-refractivity contribution in [3.05, 3.63) is 77.1 Å². The van der Waals surface area contributed by atoms with E-state index in [0.717, 1.165) is 72.0 Å². The predicted octanol–water partition coefficient (Wildman–Crippen LogP) is 5.12. The molecule has 6 rings (SSSR count). The molecule has 3 aromatic heterocycles.